The molecule has 0 fully saturated rings. The molecule has 2 amide bonds. The van der Waals surface area contributed by atoms with Crippen LogP contribution in [0.2, 0.25) is 0 Å². The summed E-state index contributed by atoms with van der Waals surface area (Å²) in [5.41, 5.74) is 0.496. The molecule has 2 N–H and O–H groups in total. The Morgan fingerprint density at radius 1 is 1.08 bits per heavy atom. The van der Waals surface area contributed by atoms with Crippen LogP contribution in [0.5, 0.6) is 11.5 Å². The molecule has 0 spiro atoms. The predicted octanol–water partition coefficient (Wildman–Crippen LogP) is 2.55. The summed E-state index contributed by atoms with van der Waals surface area (Å²) in [6.07, 6.45) is 0.657. The summed E-state index contributed by atoms with van der Waals surface area (Å²) in [5, 5.41) is 5.76. The molecule has 1 rings (SSSR count). The zero-order valence-electron chi connectivity index (χ0n) is 16.9. The Labute approximate surface area is 156 Å². The third-order valence-corrected chi connectivity index (χ3v) is 4.08. The normalized spacial score (nSPS) is 12.5. The zero-order chi connectivity index (χ0) is 19.9. The largest absolute Gasteiger partial charge is 0.493 e. The molecule has 0 aliphatic rings. The van der Waals surface area contributed by atoms with Crippen molar-refractivity contribution in [1.29, 1.82) is 0 Å². The van der Waals surface area contributed by atoms with Crippen LogP contribution in [0.15, 0.2) is 18.2 Å². The molecular weight excluding hydrogens is 332 g/mol. The Balaban J connectivity index is 2.64. The van der Waals surface area contributed by atoms with E-state index in [1.807, 2.05) is 52.8 Å². The van der Waals surface area contributed by atoms with Crippen LogP contribution < -0.4 is 20.1 Å². The Kier molecular flexibility index (Phi) is 7.93. The van der Waals surface area contributed by atoms with Gasteiger partial charge in [0.2, 0.25) is 11.8 Å². The quantitative estimate of drug-likeness (QED) is 0.743. The number of carbonyl (C=O) groups excluding carboxylic acids is 2. The van der Waals surface area contributed by atoms with Crippen molar-refractivity contribution in [2.45, 2.75) is 47.1 Å². The van der Waals surface area contributed by atoms with Gasteiger partial charge in [0.15, 0.2) is 11.5 Å². The fourth-order valence-corrected chi connectivity index (χ4v) is 2.37. The van der Waals surface area contributed by atoms with Crippen LogP contribution in [0.1, 0.15) is 40.2 Å². The van der Waals surface area contributed by atoms with Gasteiger partial charge in [0, 0.05) is 12.0 Å². The predicted molar refractivity (Wildman–Crippen MR) is 102 cm³/mol. The first-order chi connectivity index (χ1) is 12.1. The molecule has 0 aliphatic carbocycles. The molecule has 6 nitrogen and oxygen atoms in total. The fraction of sp³-hybridized carbons (Fsp3) is 0.600. The summed E-state index contributed by atoms with van der Waals surface area (Å²) >= 11 is 0. The molecule has 0 heterocycles. The van der Waals surface area contributed by atoms with Crippen LogP contribution >= 0.6 is 0 Å². The lowest BCUT2D eigenvalue weighted by Crippen LogP contribution is -2.52. The number of benzene rings is 1. The van der Waals surface area contributed by atoms with Gasteiger partial charge in [-0.25, -0.2) is 0 Å². The molecule has 1 aromatic carbocycles. The van der Waals surface area contributed by atoms with E-state index in [1.54, 1.807) is 14.2 Å². The number of ether oxygens (including phenoxy) is 2. The van der Waals surface area contributed by atoms with E-state index in [0.717, 1.165) is 5.56 Å². The van der Waals surface area contributed by atoms with Gasteiger partial charge in [0.05, 0.1) is 14.2 Å². The summed E-state index contributed by atoms with van der Waals surface area (Å²) < 4.78 is 10.5. The summed E-state index contributed by atoms with van der Waals surface area (Å²) in [7, 11) is 3.18. The maximum atomic E-state index is 12.5. The molecule has 6 heteroatoms. The second kappa shape index (κ2) is 9.46. The number of rotatable bonds is 8. The number of carbonyl (C=O) groups is 2. The highest BCUT2D eigenvalue weighted by Crippen LogP contribution is 2.27. The van der Waals surface area contributed by atoms with Crippen LogP contribution in [0.25, 0.3) is 0 Å². The summed E-state index contributed by atoms with van der Waals surface area (Å²) in [6.45, 7) is 9.80. The van der Waals surface area contributed by atoms with E-state index in [4.69, 9.17) is 9.47 Å². The lowest BCUT2D eigenvalue weighted by molar-refractivity contribution is -0.134. The maximum absolute atomic E-state index is 12.5. The van der Waals surface area contributed by atoms with E-state index in [9.17, 15) is 9.59 Å². The van der Waals surface area contributed by atoms with Gasteiger partial charge in [-0.3, -0.25) is 9.59 Å². The molecule has 26 heavy (non-hydrogen) atoms. The zero-order valence-corrected chi connectivity index (χ0v) is 16.9. The molecule has 0 aliphatic heterocycles. The molecule has 0 saturated carbocycles. The van der Waals surface area contributed by atoms with Crippen LogP contribution in [-0.4, -0.2) is 38.6 Å². The van der Waals surface area contributed by atoms with Crippen molar-refractivity contribution < 1.29 is 19.1 Å². The first kappa shape index (κ1) is 21.8. The minimum absolute atomic E-state index is 0.00220. The molecule has 0 saturated heterocycles. The number of hydrogen-bond donors (Lipinski definition) is 2. The first-order valence-electron chi connectivity index (χ1n) is 8.89. The molecule has 1 unspecified atom stereocenters. The van der Waals surface area contributed by atoms with Gasteiger partial charge >= 0.3 is 0 Å². The molecule has 0 bridgehead atoms. The number of methoxy groups -OCH3 is 2. The van der Waals surface area contributed by atoms with Gasteiger partial charge in [-0.15, -0.1) is 0 Å². The highest BCUT2D eigenvalue weighted by Gasteiger charge is 2.29. The second-order valence-corrected chi connectivity index (χ2v) is 7.68. The molecular formula is C20H32N2O4. The molecule has 1 aromatic rings. The highest BCUT2D eigenvalue weighted by molar-refractivity contribution is 5.89. The van der Waals surface area contributed by atoms with E-state index in [2.05, 4.69) is 10.6 Å². The third kappa shape index (κ3) is 6.24. The lowest BCUT2D eigenvalue weighted by Gasteiger charge is -2.26. The molecule has 0 radical (unpaired) electrons. The Morgan fingerprint density at radius 3 is 2.19 bits per heavy atom. The van der Waals surface area contributed by atoms with Crippen molar-refractivity contribution in [1.82, 2.24) is 10.6 Å². The van der Waals surface area contributed by atoms with Crippen molar-refractivity contribution in [3.63, 3.8) is 0 Å². The van der Waals surface area contributed by atoms with Gasteiger partial charge in [-0.05, 0) is 30.0 Å². The Morgan fingerprint density at radius 2 is 1.69 bits per heavy atom. The van der Waals surface area contributed by atoms with Gasteiger partial charge in [0.1, 0.15) is 6.04 Å². The summed E-state index contributed by atoms with van der Waals surface area (Å²) in [6, 6.07) is 5.13. The van der Waals surface area contributed by atoms with Crippen molar-refractivity contribution in [3.05, 3.63) is 23.8 Å². The Bertz CT molecular complexity index is 621. The van der Waals surface area contributed by atoms with Crippen LogP contribution in [0.3, 0.4) is 0 Å². The number of hydrogen-bond acceptors (Lipinski definition) is 4. The average molecular weight is 364 g/mol. The van der Waals surface area contributed by atoms with E-state index >= 15 is 0 Å². The van der Waals surface area contributed by atoms with E-state index in [-0.39, 0.29) is 17.7 Å². The molecule has 0 aromatic heterocycles. The van der Waals surface area contributed by atoms with Crippen LogP contribution in [-0.2, 0) is 16.0 Å². The summed E-state index contributed by atoms with van der Waals surface area (Å²) in [4.78, 5) is 24.7. The standard InChI is InChI=1S/C20H32N2O4/c1-13(2)17(22-19(24)20(3,4)5)18(23)21-11-10-14-8-9-15(25-6)16(12-14)26-7/h8-9,12-13,17H,10-11H2,1-7H3,(H,21,23)(H,22,24). The van der Waals surface area contributed by atoms with Gasteiger partial charge in [0.25, 0.3) is 0 Å². The minimum Gasteiger partial charge on any atom is -0.493 e. The van der Waals surface area contributed by atoms with Crippen LogP contribution in [0.4, 0.5) is 0 Å². The minimum atomic E-state index is -0.549. The van der Waals surface area contributed by atoms with Gasteiger partial charge in [-0.1, -0.05) is 40.7 Å². The van der Waals surface area contributed by atoms with Crippen molar-refractivity contribution >= 4 is 11.8 Å². The van der Waals surface area contributed by atoms with E-state index in [1.165, 1.54) is 0 Å². The lowest BCUT2D eigenvalue weighted by atomic mass is 9.93. The third-order valence-electron chi connectivity index (χ3n) is 4.08. The van der Waals surface area contributed by atoms with E-state index in [0.29, 0.717) is 24.5 Å². The topological polar surface area (TPSA) is 76.7 Å². The SMILES string of the molecule is COc1ccc(CCNC(=O)C(NC(=O)C(C)(C)C)C(C)C)cc1OC. The van der Waals surface area contributed by atoms with Crippen molar-refractivity contribution in [3.8, 4) is 11.5 Å². The first-order valence-corrected chi connectivity index (χ1v) is 8.89. The summed E-state index contributed by atoms with van der Waals surface area (Å²) in [5.74, 6) is 1.03. The van der Waals surface area contributed by atoms with Crippen molar-refractivity contribution in [2.24, 2.45) is 11.3 Å². The number of nitrogens with one attached hydrogen (secondary N) is 2. The highest BCUT2D eigenvalue weighted by atomic mass is 16.5. The number of amides is 2. The second-order valence-electron chi connectivity index (χ2n) is 7.68. The Hall–Kier alpha value is -2.24. The van der Waals surface area contributed by atoms with Gasteiger partial charge < -0.3 is 20.1 Å². The monoisotopic (exact) mass is 364 g/mol. The maximum Gasteiger partial charge on any atom is 0.242 e. The average Bonchev–Trinajstić information content (AvgIpc) is 2.57. The molecule has 1 atom stereocenters. The van der Waals surface area contributed by atoms with Crippen molar-refractivity contribution in [2.75, 3.05) is 20.8 Å². The fourth-order valence-electron chi connectivity index (χ4n) is 2.37. The van der Waals surface area contributed by atoms with Crippen LogP contribution in [0, 0.1) is 11.3 Å². The smallest absolute Gasteiger partial charge is 0.242 e. The van der Waals surface area contributed by atoms with Gasteiger partial charge in [-0.2, -0.15) is 0 Å². The van der Waals surface area contributed by atoms with E-state index < -0.39 is 11.5 Å². The molecule has 146 valence electrons.